The summed E-state index contributed by atoms with van der Waals surface area (Å²) < 4.78 is 7.48. The number of fused-ring (bicyclic) bond motifs is 5. The zero-order chi connectivity index (χ0) is 27.5. The van der Waals surface area contributed by atoms with Crippen LogP contribution in [0.15, 0.2) is 59.4 Å². The van der Waals surface area contributed by atoms with E-state index in [2.05, 4.69) is 4.90 Å². The number of ether oxygens (including phenoxy) is 1. The third-order valence-corrected chi connectivity index (χ3v) is 9.29. The third kappa shape index (κ3) is 4.06. The molecule has 0 saturated carbocycles. The number of methoxy groups -OCH3 is 1. The molecule has 6 rings (SSSR count). The van der Waals surface area contributed by atoms with Crippen LogP contribution in [-0.4, -0.2) is 77.0 Å². The topological polar surface area (TPSA) is 75.1 Å². The molecule has 3 aromatic rings. The number of thiocarbonyl (C=S) groups is 1. The molecule has 2 saturated heterocycles. The quantitative estimate of drug-likeness (QED) is 0.363. The Morgan fingerprint density at radius 2 is 1.62 bits per heavy atom. The van der Waals surface area contributed by atoms with Crippen LogP contribution in [0.1, 0.15) is 23.6 Å². The average Bonchev–Trinajstić information content (AvgIpc) is 2.95. The van der Waals surface area contributed by atoms with Crippen molar-refractivity contribution < 1.29 is 14.3 Å². The number of carbonyl (C=O) groups excluding carboxylic acids is 2. The minimum atomic E-state index is -1.34. The van der Waals surface area contributed by atoms with Crippen LogP contribution in [-0.2, 0) is 22.6 Å². The molecule has 3 aliphatic rings. The van der Waals surface area contributed by atoms with Gasteiger partial charge < -0.3 is 14.2 Å². The molecule has 0 aliphatic carbocycles. The van der Waals surface area contributed by atoms with Crippen molar-refractivity contribution >= 4 is 39.9 Å². The maximum Gasteiger partial charge on any atom is 0.250 e. The van der Waals surface area contributed by atoms with Crippen LogP contribution < -0.4 is 10.3 Å². The minimum Gasteiger partial charge on any atom is -0.496 e. The van der Waals surface area contributed by atoms with Gasteiger partial charge in [0.05, 0.1) is 7.11 Å². The van der Waals surface area contributed by atoms with Gasteiger partial charge in [-0.2, -0.15) is 0 Å². The van der Waals surface area contributed by atoms with Gasteiger partial charge in [0.1, 0.15) is 11.2 Å². The predicted octanol–water partition coefficient (Wildman–Crippen LogP) is 2.87. The lowest BCUT2D eigenvalue weighted by molar-refractivity contribution is -0.157. The normalized spacial score (nSPS) is 22.8. The molecule has 2 bridgehead atoms. The van der Waals surface area contributed by atoms with E-state index in [4.69, 9.17) is 17.0 Å². The molecule has 2 aromatic carbocycles. The van der Waals surface area contributed by atoms with Crippen molar-refractivity contribution in [2.45, 2.75) is 25.3 Å². The van der Waals surface area contributed by atoms with E-state index < -0.39 is 5.41 Å². The first-order chi connectivity index (χ1) is 18.7. The Morgan fingerprint density at radius 1 is 0.897 bits per heavy atom. The van der Waals surface area contributed by atoms with Gasteiger partial charge in [-0.25, -0.2) is 0 Å². The molecule has 0 spiro atoms. The van der Waals surface area contributed by atoms with E-state index in [1.165, 1.54) is 9.80 Å². The largest absolute Gasteiger partial charge is 0.496 e. The molecule has 2 amide bonds. The highest BCUT2D eigenvalue weighted by molar-refractivity contribution is 7.80. The molecule has 0 unspecified atom stereocenters. The van der Waals surface area contributed by atoms with Crippen molar-refractivity contribution in [1.82, 2.24) is 19.3 Å². The second-order valence-electron chi connectivity index (χ2n) is 11.1. The van der Waals surface area contributed by atoms with Crippen molar-refractivity contribution in [3.8, 4) is 5.75 Å². The molecule has 2 fully saturated rings. The minimum absolute atomic E-state index is 0.0351. The van der Waals surface area contributed by atoms with Crippen molar-refractivity contribution in [2.24, 2.45) is 11.3 Å². The van der Waals surface area contributed by atoms with Gasteiger partial charge in [-0.15, -0.1) is 0 Å². The van der Waals surface area contributed by atoms with Gasteiger partial charge in [0.25, 0.3) is 5.56 Å². The molecule has 8 nitrogen and oxygen atoms in total. The van der Waals surface area contributed by atoms with Gasteiger partial charge in [0, 0.05) is 63.3 Å². The van der Waals surface area contributed by atoms with Gasteiger partial charge in [-0.05, 0) is 54.1 Å². The maximum absolute atomic E-state index is 14.1. The average molecular weight is 545 g/mol. The molecule has 0 radical (unpaired) electrons. The molecule has 9 heteroatoms. The highest BCUT2D eigenvalue weighted by Gasteiger charge is 2.55. The lowest BCUT2D eigenvalue weighted by atomic mass is 9.74. The molecule has 0 N–H and O–H groups in total. The first-order valence-corrected chi connectivity index (χ1v) is 13.7. The van der Waals surface area contributed by atoms with Crippen LogP contribution in [0.4, 0.5) is 0 Å². The van der Waals surface area contributed by atoms with E-state index >= 15 is 0 Å². The van der Waals surface area contributed by atoms with Gasteiger partial charge in [0.15, 0.2) is 5.11 Å². The van der Waals surface area contributed by atoms with Crippen molar-refractivity contribution in [3.63, 3.8) is 0 Å². The lowest BCUT2D eigenvalue weighted by Gasteiger charge is -2.48. The summed E-state index contributed by atoms with van der Waals surface area (Å²) in [7, 11) is 4.95. The van der Waals surface area contributed by atoms with Crippen LogP contribution in [0, 0.1) is 11.3 Å². The summed E-state index contributed by atoms with van der Waals surface area (Å²) in [5.41, 5.74) is 0.644. The molecule has 39 heavy (non-hydrogen) atoms. The first kappa shape index (κ1) is 25.7. The van der Waals surface area contributed by atoms with E-state index in [0.717, 1.165) is 40.7 Å². The number of carbonyl (C=O) groups is 2. The van der Waals surface area contributed by atoms with E-state index in [9.17, 15) is 14.4 Å². The van der Waals surface area contributed by atoms with Gasteiger partial charge in [0.2, 0.25) is 11.8 Å². The molecule has 1 aromatic heterocycles. The molecule has 202 valence electrons. The number of amides is 2. The number of hydrogen-bond acceptors (Lipinski definition) is 6. The van der Waals surface area contributed by atoms with Crippen LogP contribution in [0.5, 0.6) is 5.75 Å². The number of benzene rings is 2. The zero-order valence-corrected chi connectivity index (χ0v) is 23.2. The van der Waals surface area contributed by atoms with Crippen molar-refractivity contribution in [1.29, 1.82) is 0 Å². The monoisotopic (exact) mass is 544 g/mol. The van der Waals surface area contributed by atoms with Crippen molar-refractivity contribution in [2.75, 3.05) is 40.8 Å². The van der Waals surface area contributed by atoms with Crippen LogP contribution >= 0.6 is 12.2 Å². The van der Waals surface area contributed by atoms with Gasteiger partial charge >= 0.3 is 0 Å². The first-order valence-electron chi connectivity index (χ1n) is 13.3. The number of rotatable bonds is 5. The number of piperidine rings is 1. The smallest absolute Gasteiger partial charge is 0.250 e. The number of likely N-dealkylation sites (tertiary alicyclic amines) is 1. The summed E-state index contributed by atoms with van der Waals surface area (Å²) >= 11 is 5.46. The van der Waals surface area contributed by atoms with Gasteiger partial charge in [-0.1, -0.05) is 36.4 Å². The summed E-state index contributed by atoms with van der Waals surface area (Å²) in [4.78, 5) is 45.9. The molecular formula is C30H32N4O4S. The Bertz CT molecular complexity index is 1540. The third-order valence-electron chi connectivity index (χ3n) is 8.74. The van der Waals surface area contributed by atoms with E-state index in [-0.39, 0.29) is 47.3 Å². The summed E-state index contributed by atoms with van der Waals surface area (Å²) in [6.07, 6.45) is 1.25. The number of nitrogens with zero attached hydrogens (tertiary/aromatic N) is 4. The second-order valence-corrected chi connectivity index (χ2v) is 11.5. The van der Waals surface area contributed by atoms with Crippen LogP contribution in [0.3, 0.4) is 0 Å². The number of aromatic nitrogens is 1. The Hall–Kier alpha value is -3.56. The maximum atomic E-state index is 14.1. The second kappa shape index (κ2) is 9.57. The van der Waals surface area contributed by atoms with Crippen LogP contribution in [0.25, 0.3) is 10.8 Å². The van der Waals surface area contributed by atoms with E-state index in [0.29, 0.717) is 13.1 Å². The SMILES string of the molecule is COc1ccc(CC2(CN3C[C@H]4C[C@@H](C3)c3cccc(=O)n3C4)C(=O)N(C)C(=S)N(C)C2=O)c2ccccc12. The molecule has 3 aliphatic heterocycles. The fraction of sp³-hybridized carbons (Fsp3) is 0.400. The summed E-state index contributed by atoms with van der Waals surface area (Å²) in [6.45, 7) is 2.35. The Morgan fingerprint density at radius 3 is 2.33 bits per heavy atom. The highest BCUT2D eigenvalue weighted by Crippen LogP contribution is 2.41. The molecule has 2 atom stereocenters. The van der Waals surface area contributed by atoms with E-state index in [1.54, 1.807) is 27.3 Å². The summed E-state index contributed by atoms with van der Waals surface area (Å²) in [5, 5.41) is 2.11. The van der Waals surface area contributed by atoms with Gasteiger partial charge in [-0.3, -0.25) is 24.2 Å². The fourth-order valence-corrected chi connectivity index (χ4v) is 7.14. The molecule has 4 heterocycles. The Kier molecular flexibility index (Phi) is 6.31. The number of hydrogen-bond donors (Lipinski definition) is 0. The summed E-state index contributed by atoms with van der Waals surface area (Å²) in [5.74, 6) is 0.653. The Balaban J connectivity index is 1.41. The van der Waals surface area contributed by atoms with E-state index in [1.807, 2.05) is 53.1 Å². The molecular weight excluding hydrogens is 512 g/mol. The number of pyridine rings is 1. The van der Waals surface area contributed by atoms with Crippen LogP contribution in [0.2, 0.25) is 0 Å². The highest BCUT2D eigenvalue weighted by atomic mass is 32.1. The predicted molar refractivity (Wildman–Crippen MR) is 153 cm³/mol. The fourth-order valence-electron chi connectivity index (χ4n) is 6.97. The zero-order valence-electron chi connectivity index (χ0n) is 22.4. The van der Waals surface area contributed by atoms with Crippen molar-refractivity contribution in [3.05, 3.63) is 76.2 Å². The lowest BCUT2D eigenvalue weighted by Crippen LogP contribution is -2.67. The standard InChI is InChI=1S/C30H32N4O4S/c1-31-27(36)30(28(37)32(2)29(31)39,14-20-11-12-25(38-3)23-8-5-4-7-22(20)23)18-33-15-19-13-21(17-33)24-9-6-10-26(35)34(24)16-19/h4-12,19,21H,13-18H2,1-3H3/t19-,21+/m1/s1. The summed E-state index contributed by atoms with van der Waals surface area (Å²) in [6, 6.07) is 17.3. The Labute approximate surface area is 232 Å².